The second-order valence-corrected chi connectivity index (χ2v) is 5.77. The average molecular weight is 295 g/mol. The highest BCUT2D eigenvalue weighted by Gasteiger charge is 2.27. The first-order chi connectivity index (χ1) is 10.8. The van der Waals surface area contributed by atoms with Crippen LogP contribution in [-0.4, -0.2) is 22.3 Å². The zero-order valence-corrected chi connectivity index (χ0v) is 12.9. The summed E-state index contributed by atoms with van der Waals surface area (Å²) in [6.07, 6.45) is 5.25. The van der Waals surface area contributed by atoms with Crippen LogP contribution in [0.1, 0.15) is 53.7 Å². The molecule has 1 aliphatic carbocycles. The molecule has 0 amide bonds. The summed E-state index contributed by atoms with van der Waals surface area (Å²) >= 11 is 0. The molecule has 0 bridgehead atoms. The van der Waals surface area contributed by atoms with E-state index in [1.165, 1.54) is 5.56 Å². The van der Waals surface area contributed by atoms with Gasteiger partial charge in [-0.1, -0.05) is 43.7 Å². The second-order valence-electron chi connectivity index (χ2n) is 5.77. The lowest BCUT2D eigenvalue weighted by atomic mass is 9.82. The summed E-state index contributed by atoms with van der Waals surface area (Å²) in [5, 5.41) is 3.23. The molecule has 0 saturated carbocycles. The first-order valence-corrected chi connectivity index (χ1v) is 7.96. The number of rotatable bonds is 5. The number of aromatic nitrogens is 2. The fourth-order valence-corrected chi connectivity index (χ4v) is 2.87. The molecule has 0 unspecified atom stereocenters. The molecule has 1 atom stereocenters. The van der Waals surface area contributed by atoms with Crippen molar-refractivity contribution in [3.8, 4) is 0 Å². The van der Waals surface area contributed by atoms with E-state index in [2.05, 4.69) is 34.3 Å². The number of unbranched alkanes of at least 4 members (excludes halogenated alkanes) is 1. The van der Waals surface area contributed by atoms with E-state index in [0.29, 0.717) is 17.9 Å². The van der Waals surface area contributed by atoms with Crippen molar-refractivity contribution >= 4 is 11.7 Å². The summed E-state index contributed by atoms with van der Waals surface area (Å²) in [6, 6.07) is 10.2. The molecule has 0 spiro atoms. The van der Waals surface area contributed by atoms with Gasteiger partial charge in [-0.2, -0.15) is 0 Å². The van der Waals surface area contributed by atoms with Crippen LogP contribution in [0.4, 0.5) is 5.95 Å². The molecule has 114 valence electrons. The van der Waals surface area contributed by atoms with Crippen LogP contribution in [0, 0.1) is 0 Å². The number of hydrogen-bond donors (Lipinski definition) is 1. The lowest BCUT2D eigenvalue weighted by Crippen LogP contribution is -2.21. The third-order valence-corrected chi connectivity index (χ3v) is 4.12. The fourth-order valence-electron chi connectivity index (χ4n) is 2.87. The molecule has 3 rings (SSSR count). The largest absolute Gasteiger partial charge is 0.354 e. The molecule has 1 N–H and O–H groups in total. The summed E-state index contributed by atoms with van der Waals surface area (Å²) in [5.74, 6) is 1.00. The number of anilines is 1. The van der Waals surface area contributed by atoms with Gasteiger partial charge in [-0.05, 0) is 24.3 Å². The normalized spacial score (nSPS) is 17.1. The zero-order valence-electron chi connectivity index (χ0n) is 12.9. The monoisotopic (exact) mass is 295 g/mol. The summed E-state index contributed by atoms with van der Waals surface area (Å²) in [5.41, 5.74) is 2.77. The van der Waals surface area contributed by atoms with E-state index in [1.807, 2.05) is 18.2 Å². The Hall–Kier alpha value is -2.23. The SMILES string of the molecule is CCCCNc1ncc2c(n1)C[C@@H](c1ccccc1)CC2=O. The van der Waals surface area contributed by atoms with Gasteiger partial charge in [-0.25, -0.2) is 9.97 Å². The molecular formula is C18H21N3O. The predicted molar refractivity (Wildman–Crippen MR) is 87.3 cm³/mol. The molecule has 22 heavy (non-hydrogen) atoms. The van der Waals surface area contributed by atoms with Gasteiger partial charge in [-0.15, -0.1) is 0 Å². The molecule has 4 heteroatoms. The minimum absolute atomic E-state index is 0.148. The van der Waals surface area contributed by atoms with Crippen molar-refractivity contribution in [3.05, 3.63) is 53.3 Å². The number of benzene rings is 1. The minimum Gasteiger partial charge on any atom is -0.354 e. The van der Waals surface area contributed by atoms with Gasteiger partial charge in [-0.3, -0.25) is 4.79 Å². The van der Waals surface area contributed by atoms with Gasteiger partial charge in [0.1, 0.15) is 0 Å². The van der Waals surface area contributed by atoms with Gasteiger partial charge < -0.3 is 5.32 Å². The van der Waals surface area contributed by atoms with E-state index >= 15 is 0 Å². The first kappa shape index (κ1) is 14.7. The number of nitrogens with one attached hydrogen (secondary N) is 1. The highest BCUT2D eigenvalue weighted by molar-refractivity contribution is 5.98. The van der Waals surface area contributed by atoms with Crippen LogP contribution in [0.5, 0.6) is 0 Å². The molecule has 2 aromatic rings. The smallest absolute Gasteiger partial charge is 0.222 e. The van der Waals surface area contributed by atoms with E-state index in [0.717, 1.165) is 31.5 Å². The van der Waals surface area contributed by atoms with Gasteiger partial charge in [0.05, 0.1) is 11.3 Å². The van der Waals surface area contributed by atoms with Gasteiger partial charge in [0.2, 0.25) is 5.95 Å². The Labute approximate surface area is 131 Å². The fraction of sp³-hybridized carbons (Fsp3) is 0.389. The van der Waals surface area contributed by atoms with Crippen molar-refractivity contribution in [3.63, 3.8) is 0 Å². The van der Waals surface area contributed by atoms with Gasteiger partial charge in [0.15, 0.2) is 5.78 Å². The quantitative estimate of drug-likeness (QED) is 0.856. The lowest BCUT2D eigenvalue weighted by molar-refractivity contribution is 0.0962. The topological polar surface area (TPSA) is 54.9 Å². The maximum atomic E-state index is 12.3. The summed E-state index contributed by atoms with van der Waals surface area (Å²) < 4.78 is 0. The van der Waals surface area contributed by atoms with Crippen molar-refractivity contribution in [1.29, 1.82) is 0 Å². The number of ketones is 1. The van der Waals surface area contributed by atoms with Crippen LogP contribution in [0.25, 0.3) is 0 Å². The number of fused-ring (bicyclic) bond motifs is 1. The van der Waals surface area contributed by atoms with Gasteiger partial charge in [0, 0.05) is 19.2 Å². The maximum Gasteiger partial charge on any atom is 0.222 e. The molecule has 0 fully saturated rings. The van der Waals surface area contributed by atoms with E-state index in [1.54, 1.807) is 6.20 Å². The molecular weight excluding hydrogens is 274 g/mol. The number of nitrogens with zero attached hydrogens (tertiary/aromatic N) is 2. The molecule has 1 aliphatic rings. The van der Waals surface area contributed by atoms with Crippen molar-refractivity contribution in [1.82, 2.24) is 9.97 Å². The number of carbonyl (C=O) groups excluding carboxylic acids is 1. The van der Waals surface area contributed by atoms with Crippen LogP contribution >= 0.6 is 0 Å². The van der Waals surface area contributed by atoms with E-state index in [-0.39, 0.29) is 11.7 Å². The van der Waals surface area contributed by atoms with Crippen molar-refractivity contribution in [2.24, 2.45) is 0 Å². The summed E-state index contributed by atoms with van der Waals surface area (Å²) in [6.45, 7) is 3.02. The molecule has 1 heterocycles. The highest BCUT2D eigenvalue weighted by Crippen LogP contribution is 2.31. The Balaban J connectivity index is 1.81. The van der Waals surface area contributed by atoms with E-state index in [4.69, 9.17) is 0 Å². The second kappa shape index (κ2) is 6.69. The van der Waals surface area contributed by atoms with Crippen molar-refractivity contribution < 1.29 is 4.79 Å². The standard InChI is InChI=1S/C18H21N3O/c1-2-3-9-19-18-20-12-15-16(21-18)10-14(11-17(15)22)13-7-5-4-6-8-13/h4-8,12,14H,2-3,9-11H2,1H3,(H,19,20,21)/t14-/m1/s1. The van der Waals surface area contributed by atoms with E-state index in [9.17, 15) is 4.79 Å². The Kier molecular flexibility index (Phi) is 4.47. The molecule has 0 aliphatic heterocycles. The molecule has 1 aromatic heterocycles. The lowest BCUT2D eigenvalue weighted by Gasteiger charge is -2.23. The highest BCUT2D eigenvalue weighted by atomic mass is 16.1. The number of Topliss-reactive ketones (excluding diaryl/α,β-unsaturated/α-hetero) is 1. The Morgan fingerprint density at radius 1 is 1.23 bits per heavy atom. The van der Waals surface area contributed by atoms with Crippen molar-refractivity contribution in [2.75, 3.05) is 11.9 Å². The van der Waals surface area contributed by atoms with Crippen LogP contribution in [0.3, 0.4) is 0 Å². The van der Waals surface area contributed by atoms with Gasteiger partial charge >= 0.3 is 0 Å². The van der Waals surface area contributed by atoms with Crippen molar-refractivity contribution in [2.45, 2.75) is 38.5 Å². The Morgan fingerprint density at radius 3 is 2.82 bits per heavy atom. The third-order valence-electron chi connectivity index (χ3n) is 4.12. The van der Waals surface area contributed by atoms with Crippen LogP contribution in [-0.2, 0) is 6.42 Å². The summed E-state index contributed by atoms with van der Waals surface area (Å²) in [7, 11) is 0. The minimum atomic E-state index is 0.148. The third kappa shape index (κ3) is 3.16. The van der Waals surface area contributed by atoms with E-state index < -0.39 is 0 Å². The van der Waals surface area contributed by atoms with Gasteiger partial charge in [0.25, 0.3) is 0 Å². The zero-order chi connectivity index (χ0) is 15.4. The molecule has 0 saturated heterocycles. The molecule has 0 radical (unpaired) electrons. The molecule has 4 nitrogen and oxygen atoms in total. The average Bonchev–Trinajstić information content (AvgIpc) is 2.55. The first-order valence-electron chi connectivity index (χ1n) is 7.96. The van der Waals surface area contributed by atoms with Crippen LogP contribution in [0.2, 0.25) is 0 Å². The van der Waals surface area contributed by atoms with Crippen LogP contribution < -0.4 is 5.32 Å². The Bertz CT molecular complexity index is 655. The Morgan fingerprint density at radius 2 is 2.05 bits per heavy atom. The number of carbonyl (C=O) groups is 1. The maximum absolute atomic E-state index is 12.3. The number of hydrogen-bond acceptors (Lipinski definition) is 4. The summed E-state index contributed by atoms with van der Waals surface area (Å²) in [4.78, 5) is 21.2. The van der Waals surface area contributed by atoms with Crippen LogP contribution in [0.15, 0.2) is 36.5 Å². The predicted octanol–water partition coefficient (Wildman–Crippen LogP) is 3.60. The molecule has 1 aromatic carbocycles.